The first-order valence-corrected chi connectivity index (χ1v) is 21.5. The second-order valence-electron chi connectivity index (χ2n) is 16.4. The lowest BCUT2D eigenvalue weighted by molar-refractivity contribution is 0.669. The van der Waals surface area contributed by atoms with Crippen LogP contribution in [-0.2, 0) is 5.41 Å². The van der Waals surface area contributed by atoms with Crippen molar-refractivity contribution >= 4 is 39.0 Å². The minimum Gasteiger partial charge on any atom is -0.456 e. The normalized spacial score (nSPS) is 13.2. The number of fused-ring (bicyclic) bond motifs is 12. The highest BCUT2D eigenvalue weighted by molar-refractivity contribution is 6.07. The van der Waals surface area contributed by atoms with Crippen LogP contribution < -0.4 is 4.90 Å². The highest BCUT2D eigenvalue weighted by atomic mass is 16.3. The van der Waals surface area contributed by atoms with E-state index in [9.17, 15) is 0 Å². The van der Waals surface area contributed by atoms with Gasteiger partial charge in [-0.1, -0.05) is 170 Å². The molecular weight excluding hydrogens is 767 g/mol. The van der Waals surface area contributed by atoms with Crippen molar-refractivity contribution in [3.8, 4) is 56.2 Å². The minimum atomic E-state index is -0.639. The third-order valence-electron chi connectivity index (χ3n) is 13.1. The Bertz CT molecular complexity index is 3470. The molecule has 0 unspecified atom stereocenters. The summed E-state index contributed by atoms with van der Waals surface area (Å²) in [6.07, 6.45) is 0. The van der Waals surface area contributed by atoms with E-state index in [4.69, 9.17) is 14.4 Å². The summed E-state index contributed by atoms with van der Waals surface area (Å²) in [6, 6.07) is 80.5. The Morgan fingerprint density at radius 1 is 0.365 bits per heavy atom. The fourth-order valence-electron chi connectivity index (χ4n) is 10.4. The lowest BCUT2D eigenvalue weighted by atomic mass is 9.64. The monoisotopic (exact) mass is 803 g/mol. The lowest BCUT2D eigenvalue weighted by Gasteiger charge is -2.45. The molecule has 2 aromatic heterocycles. The van der Waals surface area contributed by atoms with Crippen LogP contribution in [0.4, 0.5) is 17.1 Å². The molecule has 0 bridgehead atoms. The largest absolute Gasteiger partial charge is 0.456 e. The van der Waals surface area contributed by atoms with Crippen molar-refractivity contribution in [2.45, 2.75) is 5.41 Å². The van der Waals surface area contributed by atoms with Crippen molar-refractivity contribution in [1.29, 1.82) is 0 Å². The van der Waals surface area contributed by atoms with Gasteiger partial charge in [0.15, 0.2) is 5.82 Å². The van der Waals surface area contributed by atoms with Gasteiger partial charge in [-0.25, -0.2) is 9.97 Å². The summed E-state index contributed by atoms with van der Waals surface area (Å²) in [5, 5.41) is 2.23. The van der Waals surface area contributed by atoms with Crippen LogP contribution in [0.5, 0.6) is 0 Å². The molecule has 2 aliphatic rings. The third kappa shape index (κ3) is 5.28. The Morgan fingerprint density at radius 2 is 0.952 bits per heavy atom. The highest BCUT2D eigenvalue weighted by Gasteiger charge is 2.52. The summed E-state index contributed by atoms with van der Waals surface area (Å²) in [7, 11) is 0. The van der Waals surface area contributed by atoms with Gasteiger partial charge in [0.1, 0.15) is 11.2 Å². The number of hydrogen-bond donors (Lipinski definition) is 0. The van der Waals surface area contributed by atoms with E-state index in [1.165, 1.54) is 33.4 Å². The summed E-state index contributed by atoms with van der Waals surface area (Å²) in [4.78, 5) is 13.0. The number of rotatable bonds is 5. The molecule has 0 radical (unpaired) electrons. The number of furan rings is 1. The van der Waals surface area contributed by atoms with E-state index in [-0.39, 0.29) is 0 Å². The van der Waals surface area contributed by atoms with Gasteiger partial charge in [0, 0.05) is 33.2 Å². The van der Waals surface area contributed by atoms with Crippen LogP contribution in [-0.4, -0.2) is 9.97 Å². The number of aromatic nitrogens is 2. The molecule has 4 nitrogen and oxygen atoms in total. The molecule has 294 valence electrons. The summed E-state index contributed by atoms with van der Waals surface area (Å²) < 4.78 is 6.28. The first-order chi connectivity index (χ1) is 31.2. The van der Waals surface area contributed by atoms with Crippen LogP contribution >= 0.6 is 0 Å². The van der Waals surface area contributed by atoms with Crippen molar-refractivity contribution in [1.82, 2.24) is 9.97 Å². The summed E-state index contributed by atoms with van der Waals surface area (Å²) >= 11 is 0. The second kappa shape index (κ2) is 13.8. The van der Waals surface area contributed by atoms with Crippen LogP contribution in [0.3, 0.4) is 0 Å². The maximum absolute atomic E-state index is 6.28. The van der Waals surface area contributed by atoms with E-state index < -0.39 is 5.41 Å². The maximum Gasteiger partial charge on any atom is 0.160 e. The predicted molar refractivity (Wildman–Crippen MR) is 257 cm³/mol. The molecule has 13 rings (SSSR count). The van der Waals surface area contributed by atoms with Gasteiger partial charge in [0.25, 0.3) is 0 Å². The highest BCUT2D eigenvalue weighted by Crippen LogP contribution is 2.64. The zero-order valence-electron chi connectivity index (χ0n) is 34.1. The van der Waals surface area contributed by atoms with Crippen LogP contribution in [0.1, 0.15) is 22.3 Å². The molecule has 3 heterocycles. The number of nitrogens with zero attached hydrogens (tertiary/aromatic N) is 3. The van der Waals surface area contributed by atoms with Crippen molar-refractivity contribution in [2.24, 2.45) is 0 Å². The zero-order chi connectivity index (χ0) is 41.5. The quantitative estimate of drug-likeness (QED) is 0.174. The van der Waals surface area contributed by atoms with Crippen LogP contribution in [0.2, 0.25) is 0 Å². The first-order valence-electron chi connectivity index (χ1n) is 21.5. The molecule has 9 aromatic carbocycles. The fraction of sp³-hybridized carbons (Fsp3) is 0.0169. The third-order valence-corrected chi connectivity index (χ3v) is 13.1. The van der Waals surface area contributed by atoms with Gasteiger partial charge in [-0.15, -0.1) is 0 Å². The van der Waals surface area contributed by atoms with Crippen LogP contribution in [0.15, 0.2) is 229 Å². The zero-order valence-corrected chi connectivity index (χ0v) is 34.1. The molecule has 1 aliphatic heterocycles. The van der Waals surface area contributed by atoms with Gasteiger partial charge in [-0.3, -0.25) is 0 Å². The SMILES string of the molecule is c1ccc(-c2cc(-c3cccc4c3-c3cc(-c5ccc6oc7ccccc7c6c5)ccc3C43c4ccccc4N(c4ccccc4)c4ccccc43)nc(-c3ccccc3)n2)cc1. The minimum absolute atomic E-state index is 0.639. The van der Waals surface area contributed by atoms with Gasteiger partial charge >= 0.3 is 0 Å². The molecule has 0 N–H and O–H groups in total. The number of benzene rings is 9. The van der Waals surface area contributed by atoms with Crippen molar-refractivity contribution < 1.29 is 4.42 Å². The van der Waals surface area contributed by atoms with E-state index in [0.29, 0.717) is 5.82 Å². The summed E-state index contributed by atoms with van der Waals surface area (Å²) in [6.45, 7) is 0. The predicted octanol–water partition coefficient (Wildman–Crippen LogP) is 15.2. The molecule has 0 amide bonds. The standard InChI is InChI=1S/C59H37N3O/c1-4-17-38(18-5-1)51-37-52(61-58(60-51)39-19-6-2-7-20-39)44-24-16-27-50-57(44)46-36-40(41-32-34-56-45(35-41)43-23-10-15-30-55(43)63-56)31-33-47(46)59(50)48-25-11-13-28-53(48)62(42-21-8-3-9-22-42)54-29-14-12-26-49(54)59/h1-37H. The van der Waals surface area contributed by atoms with Gasteiger partial charge < -0.3 is 9.32 Å². The van der Waals surface area contributed by atoms with Gasteiger partial charge in [-0.05, 0) is 99.1 Å². The number of hydrogen-bond acceptors (Lipinski definition) is 4. The van der Waals surface area contributed by atoms with Gasteiger partial charge in [-0.2, -0.15) is 0 Å². The molecule has 0 atom stereocenters. The molecule has 0 saturated carbocycles. The van der Waals surface area contributed by atoms with E-state index in [1.807, 2.05) is 24.3 Å². The summed E-state index contributed by atoms with van der Waals surface area (Å²) in [5.74, 6) is 0.693. The molecule has 11 aromatic rings. The van der Waals surface area contributed by atoms with Gasteiger partial charge in [0.05, 0.1) is 28.2 Å². The molecule has 63 heavy (non-hydrogen) atoms. The van der Waals surface area contributed by atoms with Gasteiger partial charge in [0.2, 0.25) is 0 Å². The first kappa shape index (κ1) is 35.4. The second-order valence-corrected chi connectivity index (χ2v) is 16.4. The average Bonchev–Trinajstić information content (AvgIpc) is 3.88. The van der Waals surface area contributed by atoms with E-state index in [0.717, 1.165) is 78.2 Å². The smallest absolute Gasteiger partial charge is 0.160 e. The lowest BCUT2D eigenvalue weighted by Crippen LogP contribution is -2.36. The molecular formula is C59H37N3O. The molecule has 4 heteroatoms. The van der Waals surface area contributed by atoms with E-state index in [1.54, 1.807) is 0 Å². The number of anilines is 3. The Balaban J connectivity index is 1.12. The molecule has 0 fully saturated rings. The van der Waals surface area contributed by atoms with E-state index >= 15 is 0 Å². The number of para-hydroxylation sites is 4. The van der Waals surface area contributed by atoms with Crippen LogP contribution in [0, 0.1) is 0 Å². The molecule has 1 spiro atoms. The fourth-order valence-corrected chi connectivity index (χ4v) is 10.4. The van der Waals surface area contributed by atoms with Crippen molar-refractivity contribution in [3.63, 3.8) is 0 Å². The van der Waals surface area contributed by atoms with E-state index in [2.05, 4.69) is 205 Å². The molecule has 0 saturated heterocycles. The maximum atomic E-state index is 6.28. The summed E-state index contributed by atoms with van der Waals surface area (Å²) in [5.41, 5.74) is 19.0. The van der Waals surface area contributed by atoms with Crippen molar-refractivity contribution in [2.75, 3.05) is 4.90 Å². The molecule has 1 aliphatic carbocycles. The Kier molecular flexibility index (Phi) is 7.79. The Labute approximate surface area is 365 Å². The Morgan fingerprint density at radius 3 is 1.71 bits per heavy atom. The van der Waals surface area contributed by atoms with Crippen LogP contribution in [0.25, 0.3) is 78.1 Å². The average molecular weight is 804 g/mol. The topological polar surface area (TPSA) is 42.2 Å². The Hall–Kier alpha value is -8.34. The van der Waals surface area contributed by atoms with Crippen molar-refractivity contribution in [3.05, 3.63) is 247 Å².